The highest BCUT2D eigenvalue weighted by molar-refractivity contribution is 8.26. The van der Waals surface area contributed by atoms with Crippen molar-refractivity contribution in [2.45, 2.75) is 12.8 Å². The minimum absolute atomic E-state index is 0.118. The van der Waals surface area contributed by atoms with Gasteiger partial charge in [-0.15, -0.1) is 0 Å². The van der Waals surface area contributed by atoms with Crippen LogP contribution in [0.15, 0.2) is 71.6 Å². The van der Waals surface area contributed by atoms with Crippen LogP contribution in [0.4, 0.5) is 0 Å². The van der Waals surface area contributed by atoms with Crippen molar-refractivity contribution < 1.29 is 19.4 Å². The maximum atomic E-state index is 13.1. The summed E-state index contributed by atoms with van der Waals surface area (Å²) in [5.74, 6) is -0.305. The van der Waals surface area contributed by atoms with E-state index in [2.05, 4.69) is 30.4 Å². The number of ether oxygens (including phenoxy) is 1. The van der Waals surface area contributed by atoms with Gasteiger partial charge in [-0.3, -0.25) is 9.69 Å². The van der Waals surface area contributed by atoms with E-state index in [1.54, 1.807) is 36.3 Å². The summed E-state index contributed by atoms with van der Waals surface area (Å²) in [5, 5.41) is 9.06. The number of rotatable bonds is 7. The molecule has 1 N–H and O–H groups in total. The topological polar surface area (TPSA) is 66.8 Å². The molecule has 1 saturated heterocycles. The zero-order valence-corrected chi connectivity index (χ0v) is 21.2. The Morgan fingerprint density at radius 2 is 1.94 bits per heavy atom. The van der Waals surface area contributed by atoms with Gasteiger partial charge in [0.2, 0.25) is 0 Å². The molecular weight excluding hydrogens is 490 g/mol. The lowest BCUT2D eigenvalue weighted by Crippen LogP contribution is -2.30. The molecule has 1 aliphatic heterocycles. The number of fused-ring (bicyclic) bond motifs is 1. The fraction of sp³-hybridized carbons (Fsp3) is 0.138. The maximum absolute atomic E-state index is 13.1. The van der Waals surface area contributed by atoms with Gasteiger partial charge in [0.15, 0.2) is 0 Å². The molecule has 3 aromatic rings. The predicted octanol–water partition coefficient (Wildman–Crippen LogP) is 6.07. The van der Waals surface area contributed by atoms with Crippen molar-refractivity contribution in [2.24, 2.45) is 0 Å². The second-order valence-electron chi connectivity index (χ2n) is 8.57. The number of aromatic carboxylic acids is 1. The van der Waals surface area contributed by atoms with Crippen LogP contribution in [0.1, 0.15) is 32.6 Å². The molecular formula is C29H23NO4S2. The zero-order valence-electron chi connectivity index (χ0n) is 19.6. The number of benzene rings is 3. The molecule has 7 heteroatoms. The molecule has 180 valence electrons. The minimum atomic E-state index is -0.960. The van der Waals surface area contributed by atoms with Gasteiger partial charge < -0.3 is 9.84 Å². The fourth-order valence-electron chi connectivity index (χ4n) is 4.36. The third-order valence-corrected chi connectivity index (χ3v) is 7.69. The number of thiocarbonyl (C=S) groups is 1. The minimum Gasteiger partial charge on any atom is -0.496 e. The number of hydrogen-bond acceptors (Lipinski definition) is 5. The van der Waals surface area contributed by atoms with Gasteiger partial charge in [0.25, 0.3) is 5.91 Å². The van der Waals surface area contributed by atoms with Crippen LogP contribution in [0.25, 0.3) is 23.3 Å². The van der Waals surface area contributed by atoms with Crippen molar-refractivity contribution >= 4 is 52.3 Å². The molecule has 0 radical (unpaired) electrons. The van der Waals surface area contributed by atoms with Crippen LogP contribution in [0.5, 0.6) is 5.75 Å². The van der Waals surface area contributed by atoms with Crippen molar-refractivity contribution in [2.75, 3.05) is 13.7 Å². The number of carbonyl (C=O) groups is 2. The Kier molecular flexibility index (Phi) is 6.76. The second kappa shape index (κ2) is 10.1. The molecule has 5 nitrogen and oxygen atoms in total. The van der Waals surface area contributed by atoms with Gasteiger partial charge >= 0.3 is 5.97 Å². The monoisotopic (exact) mass is 513 g/mol. The largest absolute Gasteiger partial charge is 0.496 e. The Morgan fingerprint density at radius 1 is 1.14 bits per heavy atom. The predicted molar refractivity (Wildman–Crippen MR) is 148 cm³/mol. The van der Waals surface area contributed by atoms with Crippen molar-refractivity contribution in [1.82, 2.24) is 4.90 Å². The first kappa shape index (κ1) is 24.0. The highest BCUT2D eigenvalue weighted by atomic mass is 32.2. The number of carboxylic acids is 1. The highest BCUT2D eigenvalue weighted by Crippen LogP contribution is 2.37. The lowest BCUT2D eigenvalue weighted by atomic mass is 9.98. The van der Waals surface area contributed by atoms with E-state index in [1.807, 2.05) is 24.3 Å². The summed E-state index contributed by atoms with van der Waals surface area (Å²) < 4.78 is 6.14. The van der Waals surface area contributed by atoms with Crippen molar-refractivity contribution in [3.63, 3.8) is 0 Å². The third kappa shape index (κ3) is 4.85. The smallest absolute Gasteiger partial charge is 0.335 e. The maximum Gasteiger partial charge on any atom is 0.335 e. The summed E-state index contributed by atoms with van der Waals surface area (Å²) in [6, 6.07) is 19.0. The van der Waals surface area contributed by atoms with E-state index in [0.29, 0.717) is 22.2 Å². The molecule has 0 aromatic heterocycles. The summed E-state index contributed by atoms with van der Waals surface area (Å²) in [7, 11) is 1.66. The number of methoxy groups -OCH3 is 1. The average molecular weight is 514 g/mol. The van der Waals surface area contributed by atoms with Crippen LogP contribution in [-0.2, 0) is 17.6 Å². The van der Waals surface area contributed by atoms with Crippen molar-refractivity contribution in [3.05, 3.63) is 99.5 Å². The summed E-state index contributed by atoms with van der Waals surface area (Å²) >= 11 is 6.79. The van der Waals surface area contributed by atoms with Gasteiger partial charge in [-0.2, -0.15) is 0 Å². The summed E-state index contributed by atoms with van der Waals surface area (Å²) in [5.41, 5.74) is 6.65. The van der Waals surface area contributed by atoms with E-state index in [0.717, 1.165) is 34.4 Å². The number of hydrogen-bond donors (Lipinski definition) is 1. The first-order valence-electron chi connectivity index (χ1n) is 11.5. The Balaban J connectivity index is 1.35. The summed E-state index contributed by atoms with van der Waals surface area (Å²) in [6.07, 6.45) is 7.72. The van der Waals surface area contributed by atoms with Gasteiger partial charge in [0, 0.05) is 12.1 Å². The number of carboxylic acid groups (broad SMARTS) is 1. The summed E-state index contributed by atoms with van der Waals surface area (Å²) in [6.45, 7) is 0.435. The van der Waals surface area contributed by atoms with E-state index < -0.39 is 5.97 Å². The zero-order chi connectivity index (χ0) is 25.2. The number of thioether (sulfide) groups is 1. The third-order valence-electron chi connectivity index (χ3n) is 6.31. The lowest BCUT2D eigenvalue weighted by molar-refractivity contribution is -0.122. The molecule has 1 heterocycles. The van der Waals surface area contributed by atoms with Gasteiger partial charge in [-0.25, -0.2) is 4.79 Å². The van der Waals surface area contributed by atoms with E-state index in [4.69, 9.17) is 22.1 Å². The number of amides is 1. The van der Waals surface area contributed by atoms with Crippen molar-refractivity contribution in [3.8, 4) is 16.9 Å². The van der Waals surface area contributed by atoms with Gasteiger partial charge in [0.05, 0.1) is 17.6 Å². The summed E-state index contributed by atoms with van der Waals surface area (Å²) in [4.78, 5) is 26.4. The standard InChI is InChI=1S/C29H23NO4S2/c1-34-25-12-7-19(15-24(25)23-11-10-20-3-2-4-22(20)17-23)16-26-27(31)30(29(35)36-26)14-13-18-5-8-21(9-6-18)28(32)33/h2,4-12,15-17H,3,13-14H2,1H3,(H,32,33)/b26-16-. The Morgan fingerprint density at radius 3 is 2.69 bits per heavy atom. The number of allylic oxidation sites excluding steroid dienone is 1. The van der Waals surface area contributed by atoms with Crippen LogP contribution in [-0.4, -0.2) is 39.9 Å². The molecule has 1 amide bonds. The Bertz CT molecular complexity index is 1440. The molecule has 2 aliphatic rings. The van der Waals surface area contributed by atoms with Crippen LogP contribution in [0.2, 0.25) is 0 Å². The van der Waals surface area contributed by atoms with Crippen LogP contribution in [0.3, 0.4) is 0 Å². The number of nitrogens with zero attached hydrogens (tertiary/aromatic N) is 1. The Labute approximate surface area is 219 Å². The second-order valence-corrected chi connectivity index (χ2v) is 10.2. The molecule has 1 fully saturated rings. The fourth-order valence-corrected chi connectivity index (χ4v) is 5.66. The SMILES string of the molecule is COc1ccc(/C=C2\SC(=S)N(CCc3ccc(C(=O)O)cc3)C2=O)cc1-c1ccc2c(c1)C=CC2. The lowest BCUT2D eigenvalue weighted by Gasteiger charge is -2.14. The molecule has 5 rings (SSSR count). The van der Waals surface area contributed by atoms with E-state index >= 15 is 0 Å². The van der Waals surface area contributed by atoms with Gasteiger partial charge in [-0.05, 0) is 77.1 Å². The molecule has 0 unspecified atom stereocenters. The van der Waals surface area contributed by atoms with E-state index in [1.165, 1.54) is 22.9 Å². The average Bonchev–Trinajstić information content (AvgIpc) is 3.46. The molecule has 36 heavy (non-hydrogen) atoms. The van der Waals surface area contributed by atoms with E-state index in [9.17, 15) is 9.59 Å². The van der Waals surface area contributed by atoms with Crippen LogP contribution >= 0.6 is 24.0 Å². The molecule has 0 saturated carbocycles. The normalized spacial score (nSPS) is 15.6. The molecule has 3 aromatic carbocycles. The molecule has 0 spiro atoms. The first-order chi connectivity index (χ1) is 17.4. The quantitative estimate of drug-likeness (QED) is 0.305. The van der Waals surface area contributed by atoms with Crippen LogP contribution in [0, 0.1) is 0 Å². The first-order valence-corrected chi connectivity index (χ1v) is 12.7. The van der Waals surface area contributed by atoms with Crippen LogP contribution < -0.4 is 4.74 Å². The van der Waals surface area contributed by atoms with Crippen molar-refractivity contribution in [1.29, 1.82) is 0 Å². The van der Waals surface area contributed by atoms with Gasteiger partial charge in [0.1, 0.15) is 10.1 Å². The van der Waals surface area contributed by atoms with E-state index in [-0.39, 0.29) is 11.5 Å². The van der Waals surface area contributed by atoms with Gasteiger partial charge in [-0.1, -0.05) is 66.5 Å². The number of carbonyl (C=O) groups excluding carboxylic acids is 1. The molecule has 1 aliphatic carbocycles. The highest BCUT2D eigenvalue weighted by Gasteiger charge is 2.31. The molecule has 0 bridgehead atoms. The molecule has 0 atom stereocenters. The Hall–Kier alpha value is -3.68.